The summed E-state index contributed by atoms with van der Waals surface area (Å²) in [5, 5.41) is 11.3. The third-order valence-electron chi connectivity index (χ3n) is 8.79. The van der Waals surface area contributed by atoms with E-state index in [1.54, 1.807) is 0 Å². The molecule has 0 aromatic heterocycles. The van der Waals surface area contributed by atoms with Crippen LogP contribution in [0.25, 0.3) is 0 Å². The molecule has 0 saturated heterocycles. The van der Waals surface area contributed by atoms with Crippen LogP contribution in [-0.4, -0.2) is 15.2 Å². The van der Waals surface area contributed by atoms with Gasteiger partial charge in [-0.3, -0.25) is 4.79 Å². The molecule has 3 nitrogen and oxygen atoms in total. The number of esters is 1. The second-order valence-electron chi connectivity index (χ2n) is 18.8. The number of thioether (sulfide) groups is 2. The van der Waals surface area contributed by atoms with E-state index in [-0.39, 0.29) is 37.6 Å². The lowest BCUT2D eigenvalue weighted by Crippen LogP contribution is -2.24. The molecule has 1 atom stereocenters. The smallest absolute Gasteiger partial charge is 0.318 e. The highest BCUT2D eigenvalue weighted by Crippen LogP contribution is 2.51. The summed E-state index contributed by atoms with van der Waals surface area (Å²) in [5.41, 5.74) is 5.37. The van der Waals surface area contributed by atoms with E-state index < -0.39 is 0 Å². The molecule has 270 valence electrons. The van der Waals surface area contributed by atoms with Crippen molar-refractivity contribution in [3.05, 3.63) is 81.9 Å². The Morgan fingerprint density at radius 1 is 0.633 bits per heavy atom. The molecule has 3 rings (SSSR count). The molecule has 0 bridgehead atoms. The number of phenolic OH excluding ortho intramolecular Hbond substituents is 1. The summed E-state index contributed by atoms with van der Waals surface area (Å²) < 4.78 is 6.21. The van der Waals surface area contributed by atoms with Gasteiger partial charge in [-0.1, -0.05) is 121 Å². The molecule has 1 N–H and O–H groups in total. The number of rotatable bonds is 9. The summed E-state index contributed by atoms with van der Waals surface area (Å²) >= 11 is 3.65. The number of ether oxygens (including phenoxy) is 1. The molecule has 0 aliphatic carbocycles. The maximum Gasteiger partial charge on any atom is 0.318 e. The fourth-order valence-corrected chi connectivity index (χ4v) is 8.61. The van der Waals surface area contributed by atoms with Crippen molar-refractivity contribution in [2.24, 2.45) is 5.92 Å². The van der Waals surface area contributed by atoms with Gasteiger partial charge in [-0.2, -0.15) is 0 Å². The van der Waals surface area contributed by atoms with Gasteiger partial charge in [-0.15, -0.1) is 23.5 Å². The van der Waals surface area contributed by atoms with E-state index in [2.05, 4.69) is 159 Å². The van der Waals surface area contributed by atoms with Crippen molar-refractivity contribution in [2.45, 2.75) is 166 Å². The Balaban J connectivity index is 2.04. The van der Waals surface area contributed by atoms with Crippen molar-refractivity contribution < 1.29 is 14.6 Å². The van der Waals surface area contributed by atoms with Crippen LogP contribution in [0, 0.1) is 5.92 Å². The normalized spacial score (nSPS) is 13.9. The first kappa shape index (κ1) is 41.1. The molecular formula is C44H64O3S2. The lowest BCUT2D eigenvalue weighted by atomic mass is 9.79. The largest absolute Gasteiger partial charge is 0.507 e. The molecule has 3 aromatic carbocycles. The van der Waals surface area contributed by atoms with Crippen LogP contribution in [0.15, 0.2) is 58.3 Å². The molecule has 0 aliphatic rings. The van der Waals surface area contributed by atoms with Crippen LogP contribution in [-0.2, 0) is 32.9 Å². The first-order chi connectivity index (χ1) is 22.1. The standard InChI is InChI=1S/C44H64O3S2/c1-27(2)22-29-18-20-30(21-19-29)28(3)39(46)47-38-35(42(10,11)12)25-32(26-36(38)43(13,14)15)49-44(16,17)48-31-23-33(40(4,5)6)37(45)34(24-31)41(7,8)9/h18-21,23-28,45H,22H2,1-17H3/t28-/m0/s1. The predicted octanol–water partition coefficient (Wildman–Crippen LogP) is 13.1. The van der Waals surface area contributed by atoms with Crippen LogP contribution < -0.4 is 4.74 Å². The third-order valence-corrected chi connectivity index (χ3v) is 11.2. The highest BCUT2D eigenvalue weighted by atomic mass is 32.2. The molecule has 5 heteroatoms. The Hall–Kier alpha value is -2.37. The monoisotopic (exact) mass is 704 g/mol. The average Bonchev–Trinajstić information content (AvgIpc) is 2.91. The zero-order valence-corrected chi connectivity index (χ0v) is 35.2. The van der Waals surface area contributed by atoms with Gasteiger partial charge in [-0.05, 0) is 90.2 Å². The van der Waals surface area contributed by atoms with Crippen molar-refractivity contribution >= 4 is 29.5 Å². The molecule has 0 saturated carbocycles. The summed E-state index contributed by atoms with van der Waals surface area (Å²) in [4.78, 5) is 16.1. The number of benzene rings is 3. The number of aromatic hydroxyl groups is 1. The van der Waals surface area contributed by atoms with Gasteiger partial charge < -0.3 is 9.84 Å². The van der Waals surface area contributed by atoms with Crippen LogP contribution in [0.4, 0.5) is 0 Å². The van der Waals surface area contributed by atoms with Gasteiger partial charge in [0.1, 0.15) is 11.5 Å². The van der Waals surface area contributed by atoms with Gasteiger partial charge in [-0.25, -0.2) is 0 Å². The van der Waals surface area contributed by atoms with Crippen molar-refractivity contribution in [2.75, 3.05) is 0 Å². The van der Waals surface area contributed by atoms with E-state index >= 15 is 0 Å². The van der Waals surface area contributed by atoms with Crippen molar-refractivity contribution in [3.63, 3.8) is 0 Å². The minimum absolute atomic E-state index is 0.191. The molecule has 0 fully saturated rings. The maximum atomic E-state index is 13.8. The lowest BCUT2D eigenvalue weighted by molar-refractivity contribution is -0.135. The average molecular weight is 705 g/mol. The quantitative estimate of drug-likeness (QED) is 0.104. The van der Waals surface area contributed by atoms with Crippen molar-refractivity contribution in [1.82, 2.24) is 0 Å². The molecule has 0 unspecified atom stereocenters. The summed E-state index contributed by atoms with van der Waals surface area (Å²) in [6.45, 7) is 37.0. The Kier molecular flexibility index (Phi) is 12.3. The van der Waals surface area contributed by atoms with Crippen LogP contribution in [0.2, 0.25) is 0 Å². The van der Waals surface area contributed by atoms with Gasteiger partial charge in [0.15, 0.2) is 0 Å². The SMILES string of the molecule is CC(C)Cc1ccc([C@H](C)C(=O)Oc2c(C(C)(C)C)cc(SC(C)(C)Sc3cc(C(C)(C)C)c(O)c(C(C)(C)C)c3)cc2C(C)(C)C)cc1. The molecule has 0 aliphatic heterocycles. The minimum atomic E-state index is -0.389. The number of phenols is 1. The van der Waals surface area contributed by atoms with E-state index in [9.17, 15) is 9.90 Å². The van der Waals surface area contributed by atoms with Gasteiger partial charge in [0.05, 0.1) is 10.00 Å². The fraction of sp³-hybridized carbons (Fsp3) is 0.568. The first-order valence-corrected chi connectivity index (χ1v) is 19.5. The van der Waals surface area contributed by atoms with Crippen LogP contribution in [0.3, 0.4) is 0 Å². The van der Waals surface area contributed by atoms with Gasteiger partial charge >= 0.3 is 5.97 Å². The fourth-order valence-electron chi connectivity index (χ4n) is 6.02. The zero-order chi connectivity index (χ0) is 37.5. The van der Waals surface area contributed by atoms with Crippen LogP contribution in [0.1, 0.15) is 157 Å². The van der Waals surface area contributed by atoms with E-state index in [0.29, 0.717) is 17.4 Å². The minimum Gasteiger partial charge on any atom is -0.507 e. The first-order valence-electron chi connectivity index (χ1n) is 17.9. The lowest BCUT2D eigenvalue weighted by Gasteiger charge is -2.32. The summed E-state index contributed by atoms with van der Waals surface area (Å²) in [6.07, 6.45) is 1.02. The predicted molar refractivity (Wildman–Crippen MR) is 214 cm³/mol. The Morgan fingerprint density at radius 2 is 1.00 bits per heavy atom. The third kappa shape index (κ3) is 10.8. The highest BCUT2D eigenvalue weighted by molar-refractivity contribution is 8.18. The topological polar surface area (TPSA) is 46.5 Å². The summed E-state index contributed by atoms with van der Waals surface area (Å²) in [6, 6.07) is 17.2. The number of carbonyl (C=O) groups is 1. The van der Waals surface area contributed by atoms with Crippen molar-refractivity contribution in [1.29, 1.82) is 0 Å². The number of carbonyl (C=O) groups excluding carboxylic acids is 1. The molecule has 49 heavy (non-hydrogen) atoms. The molecular weight excluding hydrogens is 641 g/mol. The summed E-state index contributed by atoms with van der Waals surface area (Å²) in [5.74, 6) is 1.05. The van der Waals surface area contributed by atoms with Gasteiger partial charge in [0, 0.05) is 32.0 Å². The summed E-state index contributed by atoms with van der Waals surface area (Å²) in [7, 11) is 0. The van der Waals surface area contributed by atoms with E-state index in [1.807, 2.05) is 30.4 Å². The molecule has 0 amide bonds. The van der Waals surface area contributed by atoms with Gasteiger partial charge in [0.25, 0.3) is 0 Å². The Labute approximate surface area is 307 Å². The zero-order valence-electron chi connectivity index (χ0n) is 33.6. The van der Waals surface area contributed by atoms with E-state index in [1.165, 1.54) is 5.56 Å². The molecule has 0 spiro atoms. The van der Waals surface area contributed by atoms with Gasteiger partial charge in [0.2, 0.25) is 0 Å². The second kappa shape index (κ2) is 14.7. The second-order valence-corrected chi connectivity index (χ2v) is 22.5. The Bertz CT molecular complexity index is 1550. The van der Waals surface area contributed by atoms with Crippen LogP contribution in [0.5, 0.6) is 11.5 Å². The number of hydrogen-bond donors (Lipinski definition) is 1. The Morgan fingerprint density at radius 3 is 1.35 bits per heavy atom. The molecule has 3 aromatic rings. The highest BCUT2D eigenvalue weighted by Gasteiger charge is 2.33. The molecule has 0 heterocycles. The molecule has 0 radical (unpaired) electrons. The van der Waals surface area contributed by atoms with Crippen molar-refractivity contribution in [3.8, 4) is 11.5 Å². The van der Waals surface area contributed by atoms with E-state index in [4.69, 9.17) is 4.74 Å². The van der Waals surface area contributed by atoms with E-state index in [0.717, 1.165) is 44.0 Å². The maximum absolute atomic E-state index is 13.8. The number of hydrogen-bond acceptors (Lipinski definition) is 5. The van der Waals surface area contributed by atoms with Crippen LogP contribution >= 0.6 is 23.5 Å².